The third kappa shape index (κ3) is 5.07. The number of carbonyl (C=O) groups is 1. The Balaban J connectivity index is 1.70. The molecule has 0 radical (unpaired) electrons. The Morgan fingerprint density at radius 1 is 1.00 bits per heavy atom. The maximum Gasteiger partial charge on any atom is 0.431 e. The van der Waals surface area contributed by atoms with Gasteiger partial charge in [-0.05, 0) is 42.3 Å². The van der Waals surface area contributed by atoms with E-state index in [1.807, 2.05) is 0 Å². The van der Waals surface area contributed by atoms with Gasteiger partial charge in [0.05, 0.1) is 21.3 Å². The van der Waals surface area contributed by atoms with Crippen LogP contribution in [0.2, 0.25) is 0 Å². The van der Waals surface area contributed by atoms with E-state index in [0.717, 1.165) is 6.07 Å². The highest BCUT2D eigenvalue weighted by Crippen LogP contribution is 2.38. The topological polar surface area (TPSA) is 49.7 Å². The first kappa shape index (κ1) is 23.2. The Morgan fingerprint density at radius 3 is 2.25 bits per heavy atom. The van der Waals surface area contributed by atoms with Crippen molar-refractivity contribution in [1.29, 1.82) is 0 Å². The number of carbonyl (C=O) groups excluding carboxylic acids is 1. The van der Waals surface area contributed by atoms with E-state index in [9.17, 15) is 18.0 Å². The molecule has 0 aliphatic heterocycles. The zero-order valence-electron chi connectivity index (χ0n) is 18.0. The molecule has 0 spiro atoms. The van der Waals surface area contributed by atoms with Crippen molar-refractivity contribution >= 4 is 22.8 Å². The number of para-hydroxylation sites is 1. The fraction of sp³-hybridized carbons (Fsp3) is 0.292. The molecule has 1 aromatic heterocycles. The number of ether oxygens (including phenoxy) is 3. The van der Waals surface area contributed by atoms with Gasteiger partial charge in [-0.15, -0.1) is 0 Å². The molecule has 0 saturated carbocycles. The molecular formula is C24H24F3NO4. The average Bonchev–Trinajstić information content (AvgIpc) is 3.16. The molecule has 0 N–H and O–H groups in total. The van der Waals surface area contributed by atoms with Crippen molar-refractivity contribution in [2.45, 2.75) is 25.6 Å². The first-order chi connectivity index (χ1) is 15.3. The maximum absolute atomic E-state index is 13.4. The van der Waals surface area contributed by atoms with Crippen LogP contribution >= 0.6 is 0 Å². The summed E-state index contributed by atoms with van der Waals surface area (Å²) in [6.45, 7) is 0.0894. The lowest BCUT2D eigenvalue weighted by Gasteiger charge is -2.13. The molecule has 0 unspecified atom stereocenters. The number of nitrogens with zero attached hydrogens (tertiary/aromatic N) is 1. The van der Waals surface area contributed by atoms with Gasteiger partial charge < -0.3 is 18.8 Å². The van der Waals surface area contributed by atoms with Crippen LogP contribution in [-0.4, -0.2) is 31.7 Å². The Kier molecular flexibility index (Phi) is 7.12. The summed E-state index contributed by atoms with van der Waals surface area (Å²) in [4.78, 5) is 12.3. The van der Waals surface area contributed by atoms with Crippen molar-refractivity contribution in [3.05, 3.63) is 59.8 Å². The molecule has 8 heteroatoms. The summed E-state index contributed by atoms with van der Waals surface area (Å²) in [5.41, 5.74) is 0.461. The van der Waals surface area contributed by atoms with Gasteiger partial charge in [0.2, 0.25) is 5.75 Å². The quantitative estimate of drug-likeness (QED) is 0.392. The summed E-state index contributed by atoms with van der Waals surface area (Å²) >= 11 is 0. The predicted octanol–water partition coefficient (Wildman–Crippen LogP) is 5.75. The van der Waals surface area contributed by atoms with E-state index in [2.05, 4.69) is 0 Å². The number of methoxy groups -OCH3 is 3. The monoisotopic (exact) mass is 447 g/mol. The SMILES string of the molecule is COc1cc(/C=C/C(=O)CCCn2c(C(F)(F)F)cc3ccccc32)cc(OC)c1OC. The standard InChI is InChI=1S/C24H24F3NO4/c1-30-20-13-16(14-21(31-2)23(20)32-3)10-11-18(29)8-6-12-28-19-9-5-4-7-17(19)15-22(28)24(25,26)27/h4-5,7,9-11,13-15H,6,8,12H2,1-3H3/b11-10+. The predicted molar refractivity (Wildman–Crippen MR) is 116 cm³/mol. The lowest BCUT2D eigenvalue weighted by molar-refractivity contribution is -0.143. The fourth-order valence-corrected chi connectivity index (χ4v) is 3.57. The molecule has 1 heterocycles. The van der Waals surface area contributed by atoms with E-state index in [1.54, 1.807) is 42.5 Å². The molecule has 0 atom stereocenters. The molecule has 170 valence electrons. The highest BCUT2D eigenvalue weighted by Gasteiger charge is 2.35. The van der Waals surface area contributed by atoms with Crippen molar-refractivity contribution in [3.63, 3.8) is 0 Å². The van der Waals surface area contributed by atoms with Crippen molar-refractivity contribution in [3.8, 4) is 17.2 Å². The van der Waals surface area contributed by atoms with Gasteiger partial charge in [-0.25, -0.2) is 0 Å². The Bertz CT molecular complexity index is 1110. The maximum atomic E-state index is 13.4. The number of allylic oxidation sites excluding steroid dienone is 1. The summed E-state index contributed by atoms with van der Waals surface area (Å²) < 4.78 is 57.4. The Labute approximate surface area is 184 Å². The highest BCUT2D eigenvalue weighted by atomic mass is 19.4. The van der Waals surface area contributed by atoms with Crippen molar-refractivity contribution in [2.75, 3.05) is 21.3 Å². The van der Waals surface area contributed by atoms with Gasteiger partial charge in [0.15, 0.2) is 17.3 Å². The Hall–Kier alpha value is -3.42. The molecule has 32 heavy (non-hydrogen) atoms. The van der Waals surface area contributed by atoms with Crippen LogP contribution in [0.15, 0.2) is 48.5 Å². The van der Waals surface area contributed by atoms with Crippen molar-refractivity contribution < 1.29 is 32.2 Å². The molecule has 2 aromatic carbocycles. The number of ketones is 1. The number of alkyl halides is 3. The number of benzene rings is 2. The second kappa shape index (κ2) is 9.80. The van der Waals surface area contributed by atoms with Gasteiger partial charge in [0, 0.05) is 23.9 Å². The smallest absolute Gasteiger partial charge is 0.431 e. The molecule has 0 saturated heterocycles. The minimum absolute atomic E-state index is 0.0894. The second-order valence-corrected chi connectivity index (χ2v) is 7.10. The number of rotatable bonds is 9. The van der Waals surface area contributed by atoms with Gasteiger partial charge >= 0.3 is 6.18 Å². The average molecular weight is 447 g/mol. The van der Waals surface area contributed by atoms with Crippen LogP contribution in [0.5, 0.6) is 17.2 Å². The molecular weight excluding hydrogens is 423 g/mol. The van der Waals surface area contributed by atoms with Crippen LogP contribution in [0.1, 0.15) is 24.1 Å². The third-order valence-electron chi connectivity index (χ3n) is 5.05. The Morgan fingerprint density at radius 2 is 1.66 bits per heavy atom. The van der Waals surface area contributed by atoms with Gasteiger partial charge in [-0.2, -0.15) is 13.2 Å². The van der Waals surface area contributed by atoms with Crippen LogP contribution in [0.4, 0.5) is 13.2 Å². The van der Waals surface area contributed by atoms with Gasteiger partial charge in [0.1, 0.15) is 5.69 Å². The minimum atomic E-state index is -4.46. The molecule has 0 bridgehead atoms. The van der Waals surface area contributed by atoms with Crippen LogP contribution in [0.3, 0.4) is 0 Å². The lowest BCUT2D eigenvalue weighted by Crippen LogP contribution is -2.14. The van der Waals surface area contributed by atoms with Crippen LogP contribution in [0.25, 0.3) is 17.0 Å². The third-order valence-corrected chi connectivity index (χ3v) is 5.05. The number of hydrogen-bond donors (Lipinski definition) is 0. The fourth-order valence-electron chi connectivity index (χ4n) is 3.57. The number of fused-ring (bicyclic) bond motifs is 1. The van der Waals surface area contributed by atoms with Gasteiger partial charge in [-0.1, -0.05) is 24.3 Å². The van der Waals surface area contributed by atoms with E-state index in [4.69, 9.17) is 14.2 Å². The van der Waals surface area contributed by atoms with Gasteiger partial charge in [-0.3, -0.25) is 4.79 Å². The summed E-state index contributed by atoms with van der Waals surface area (Å²) in [7, 11) is 4.49. The lowest BCUT2D eigenvalue weighted by atomic mass is 10.1. The summed E-state index contributed by atoms with van der Waals surface area (Å²) in [5, 5.41) is 0.522. The molecule has 3 rings (SSSR count). The molecule has 0 aliphatic carbocycles. The summed E-state index contributed by atoms with van der Waals surface area (Å²) in [6.07, 6.45) is -1.06. The molecule has 0 fully saturated rings. The van der Waals surface area contributed by atoms with E-state index < -0.39 is 11.9 Å². The number of halogens is 3. The number of aromatic nitrogens is 1. The zero-order chi connectivity index (χ0) is 23.3. The first-order valence-corrected chi connectivity index (χ1v) is 9.95. The van der Waals surface area contributed by atoms with Gasteiger partial charge in [0.25, 0.3) is 0 Å². The van der Waals surface area contributed by atoms with E-state index in [0.29, 0.717) is 33.7 Å². The largest absolute Gasteiger partial charge is 0.493 e. The number of aryl methyl sites for hydroxylation is 1. The van der Waals surface area contributed by atoms with Crippen LogP contribution < -0.4 is 14.2 Å². The second-order valence-electron chi connectivity index (χ2n) is 7.10. The first-order valence-electron chi connectivity index (χ1n) is 9.95. The van der Waals surface area contributed by atoms with E-state index in [1.165, 1.54) is 32.0 Å². The molecule has 0 aliphatic rings. The highest BCUT2D eigenvalue weighted by molar-refractivity contribution is 5.93. The summed E-state index contributed by atoms with van der Waals surface area (Å²) in [6, 6.07) is 11.2. The minimum Gasteiger partial charge on any atom is -0.493 e. The van der Waals surface area contributed by atoms with E-state index in [-0.39, 0.29) is 25.2 Å². The zero-order valence-corrected chi connectivity index (χ0v) is 18.0. The molecule has 5 nitrogen and oxygen atoms in total. The molecule has 0 amide bonds. The number of hydrogen-bond acceptors (Lipinski definition) is 4. The molecule has 3 aromatic rings. The van der Waals surface area contributed by atoms with Crippen LogP contribution in [-0.2, 0) is 17.5 Å². The van der Waals surface area contributed by atoms with E-state index >= 15 is 0 Å². The van der Waals surface area contributed by atoms with Crippen LogP contribution in [0, 0.1) is 0 Å². The van der Waals surface area contributed by atoms with Crippen molar-refractivity contribution in [2.24, 2.45) is 0 Å². The summed E-state index contributed by atoms with van der Waals surface area (Å²) in [5.74, 6) is 1.16. The normalized spacial score (nSPS) is 11.8. The van der Waals surface area contributed by atoms with Crippen molar-refractivity contribution in [1.82, 2.24) is 4.57 Å².